The third kappa shape index (κ3) is 2.05. The number of aryl methyl sites for hydroxylation is 1. The SMILES string of the molecule is Cc1ccc2c(=O)n(-c3ccc(F)cc3F)cnc2c1O. The molecule has 21 heavy (non-hydrogen) atoms. The first-order valence-electron chi connectivity index (χ1n) is 6.14. The fraction of sp³-hybridized carbons (Fsp3) is 0.0667. The van der Waals surface area contributed by atoms with Gasteiger partial charge in [-0.05, 0) is 30.7 Å². The maximum atomic E-state index is 13.8. The third-order valence-electron chi connectivity index (χ3n) is 3.27. The summed E-state index contributed by atoms with van der Waals surface area (Å²) in [7, 11) is 0. The number of hydrogen-bond donors (Lipinski definition) is 1. The van der Waals surface area contributed by atoms with E-state index in [4.69, 9.17) is 0 Å². The quantitative estimate of drug-likeness (QED) is 0.749. The Morgan fingerprint density at radius 2 is 1.95 bits per heavy atom. The number of aromatic nitrogens is 2. The Hall–Kier alpha value is -2.76. The molecular formula is C15H10F2N2O2. The van der Waals surface area contributed by atoms with E-state index in [0.717, 1.165) is 23.0 Å². The van der Waals surface area contributed by atoms with Gasteiger partial charge >= 0.3 is 0 Å². The Kier molecular flexibility index (Phi) is 2.94. The molecule has 2 aromatic carbocycles. The highest BCUT2D eigenvalue weighted by Crippen LogP contribution is 2.24. The molecule has 0 aliphatic carbocycles. The summed E-state index contributed by atoms with van der Waals surface area (Å²) in [5.41, 5.74) is 0.0931. The molecule has 0 unspecified atom stereocenters. The van der Waals surface area contributed by atoms with Gasteiger partial charge in [0.15, 0.2) is 0 Å². The minimum atomic E-state index is -0.866. The molecule has 0 spiro atoms. The van der Waals surface area contributed by atoms with Gasteiger partial charge in [-0.15, -0.1) is 0 Å². The van der Waals surface area contributed by atoms with E-state index in [1.807, 2.05) is 0 Å². The van der Waals surface area contributed by atoms with Crippen molar-refractivity contribution in [2.24, 2.45) is 0 Å². The molecule has 0 saturated heterocycles. The number of nitrogens with zero attached hydrogens (tertiary/aromatic N) is 2. The molecular weight excluding hydrogens is 278 g/mol. The van der Waals surface area contributed by atoms with E-state index in [1.54, 1.807) is 13.0 Å². The Bertz CT molecular complexity index is 919. The summed E-state index contributed by atoms with van der Waals surface area (Å²) < 4.78 is 27.7. The first-order valence-corrected chi connectivity index (χ1v) is 6.14. The van der Waals surface area contributed by atoms with Gasteiger partial charge in [-0.2, -0.15) is 0 Å². The molecule has 4 nitrogen and oxygen atoms in total. The molecule has 0 atom stereocenters. The molecule has 0 saturated carbocycles. The maximum Gasteiger partial charge on any atom is 0.266 e. The van der Waals surface area contributed by atoms with Crippen LogP contribution >= 0.6 is 0 Å². The Morgan fingerprint density at radius 3 is 2.67 bits per heavy atom. The van der Waals surface area contributed by atoms with Crippen LogP contribution in [0.4, 0.5) is 8.78 Å². The minimum absolute atomic E-state index is 0.0867. The second-order valence-corrected chi connectivity index (χ2v) is 4.64. The van der Waals surface area contributed by atoms with Gasteiger partial charge in [0.25, 0.3) is 5.56 Å². The summed E-state index contributed by atoms with van der Waals surface area (Å²) in [4.78, 5) is 16.4. The average molecular weight is 288 g/mol. The van der Waals surface area contributed by atoms with E-state index < -0.39 is 17.2 Å². The van der Waals surface area contributed by atoms with Crippen LogP contribution in [0.3, 0.4) is 0 Å². The molecule has 106 valence electrons. The fourth-order valence-corrected chi connectivity index (χ4v) is 2.13. The van der Waals surface area contributed by atoms with Crippen molar-refractivity contribution in [3.8, 4) is 11.4 Å². The summed E-state index contributed by atoms with van der Waals surface area (Å²) in [6, 6.07) is 6.00. The third-order valence-corrected chi connectivity index (χ3v) is 3.27. The number of hydrogen-bond acceptors (Lipinski definition) is 3. The van der Waals surface area contributed by atoms with E-state index >= 15 is 0 Å². The van der Waals surface area contributed by atoms with Crippen molar-refractivity contribution in [3.05, 3.63) is 64.2 Å². The number of benzene rings is 2. The molecule has 6 heteroatoms. The van der Waals surface area contributed by atoms with Gasteiger partial charge in [0, 0.05) is 6.07 Å². The molecule has 1 N–H and O–H groups in total. The Labute approximate surface area is 117 Å². The van der Waals surface area contributed by atoms with Gasteiger partial charge in [0.05, 0.1) is 11.1 Å². The van der Waals surface area contributed by atoms with Crippen molar-refractivity contribution >= 4 is 10.9 Å². The molecule has 3 rings (SSSR count). The van der Waals surface area contributed by atoms with Gasteiger partial charge in [0.1, 0.15) is 29.2 Å². The second kappa shape index (κ2) is 4.66. The lowest BCUT2D eigenvalue weighted by Crippen LogP contribution is -2.20. The average Bonchev–Trinajstić information content (AvgIpc) is 2.44. The molecule has 0 bridgehead atoms. The van der Waals surface area contributed by atoms with Crippen LogP contribution in [0.15, 0.2) is 41.5 Å². The summed E-state index contributed by atoms with van der Waals surface area (Å²) in [6.07, 6.45) is 1.11. The molecule has 0 fully saturated rings. The minimum Gasteiger partial charge on any atom is -0.505 e. The Morgan fingerprint density at radius 1 is 1.19 bits per heavy atom. The zero-order valence-electron chi connectivity index (χ0n) is 11.0. The molecule has 0 amide bonds. The topological polar surface area (TPSA) is 55.1 Å². The van der Waals surface area contributed by atoms with Gasteiger partial charge in [-0.3, -0.25) is 9.36 Å². The van der Waals surface area contributed by atoms with Gasteiger partial charge < -0.3 is 5.11 Å². The predicted molar refractivity (Wildman–Crippen MR) is 73.7 cm³/mol. The lowest BCUT2D eigenvalue weighted by atomic mass is 10.1. The molecule has 1 heterocycles. The summed E-state index contributed by atoms with van der Waals surface area (Å²) in [5, 5.41) is 10.1. The van der Waals surface area contributed by atoms with Crippen molar-refractivity contribution in [3.63, 3.8) is 0 Å². The van der Waals surface area contributed by atoms with Crippen LogP contribution in [0, 0.1) is 18.6 Å². The van der Waals surface area contributed by atoms with Crippen LogP contribution in [-0.4, -0.2) is 14.7 Å². The van der Waals surface area contributed by atoms with E-state index in [1.165, 1.54) is 6.07 Å². The maximum absolute atomic E-state index is 13.8. The van der Waals surface area contributed by atoms with Gasteiger partial charge in [-0.1, -0.05) is 6.07 Å². The predicted octanol–water partition coefficient (Wildman–Crippen LogP) is 2.68. The molecule has 3 aromatic rings. The lowest BCUT2D eigenvalue weighted by Gasteiger charge is -2.09. The number of aromatic hydroxyl groups is 1. The van der Waals surface area contributed by atoms with Crippen LogP contribution in [0.2, 0.25) is 0 Å². The van der Waals surface area contributed by atoms with Gasteiger partial charge in [0.2, 0.25) is 0 Å². The molecule has 1 aromatic heterocycles. The van der Waals surface area contributed by atoms with Crippen LogP contribution in [0.25, 0.3) is 16.6 Å². The number of phenols is 1. The van der Waals surface area contributed by atoms with Crippen molar-refractivity contribution < 1.29 is 13.9 Å². The zero-order valence-corrected chi connectivity index (χ0v) is 11.0. The van der Waals surface area contributed by atoms with Crippen LogP contribution in [-0.2, 0) is 0 Å². The molecule has 0 aliphatic rings. The van der Waals surface area contributed by atoms with Crippen molar-refractivity contribution in [2.75, 3.05) is 0 Å². The van der Waals surface area contributed by atoms with Gasteiger partial charge in [-0.25, -0.2) is 13.8 Å². The largest absolute Gasteiger partial charge is 0.505 e. The van der Waals surface area contributed by atoms with Crippen LogP contribution in [0.5, 0.6) is 5.75 Å². The number of fused-ring (bicyclic) bond motifs is 1. The standard InChI is InChI=1S/C15H10F2N2O2/c1-8-2-4-10-13(14(8)20)18-7-19(15(10)21)12-5-3-9(16)6-11(12)17/h2-7,20H,1H3. The monoisotopic (exact) mass is 288 g/mol. The van der Waals surface area contributed by atoms with E-state index in [0.29, 0.717) is 11.6 Å². The smallest absolute Gasteiger partial charge is 0.266 e. The Balaban J connectivity index is 2.33. The normalized spacial score (nSPS) is 11.0. The lowest BCUT2D eigenvalue weighted by molar-refractivity contribution is 0.476. The van der Waals surface area contributed by atoms with Crippen LogP contribution < -0.4 is 5.56 Å². The van der Waals surface area contributed by atoms with E-state index in [9.17, 15) is 18.7 Å². The molecule has 0 aliphatic heterocycles. The summed E-state index contributed by atoms with van der Waals surface area (Å²) in [6.45, 7) is 1.68. The number of phenolic OH excluding ortho intramolecular Hbond substituents is 1. The summed E-state index contributed by atoms with van der Waals surface area (Å²) >= 11 is 0. The van der Waals surface area contributed by atoms with Crippen molar-refractivity contribution in [1.82, 2.24) is 9.55 Å². The van der Waals surface area contributed by atoms with E-state index in [2.05, 4.69) is 4.98 Å². The van der Waals surface area contributed by atoms with Crippen molar-refractivity contribution in [2.45, 2.75) is 6.92 Å². The van der Waals surface area contributed by atoms with E-state index in [-0.39, 0.29) is 22.3 Å². The summed E-state index contributed by atoms with van der Waals surface area (Å²) in [5.74, 6) is -1.68. The van der Waals surface area contributed by atoms with Crippen LogP contribution in [0.1, 0.15) is 5.56 Å². The molecule has 0 radical (unpaired) electrons. The highest BCUT2D eigenvalue weighted by molar-refractivity contribution is 5.84. The fourth-order valence-electron chi connectivity index (χ4n) is 2.13. The highest BCUT2D eigenvalue weighted by Gasteiger charge is 2.13. The number of rotatable bonds is 1. The first-order chi connectivity index (χ1) is 9.99. The van der Waals surface area contributed by atoms with Crippen molar-refractivity contribution in [1.29, 1.82) is 0 Å². The highest BCUT2D eigenvalue weighted by atomic mass is 19.1. The second-order valence-electron chi connectivity index (χ2n) is 4.64. The zero-order chi connectivity index (χ0) is 15.1. The number of halogens is 2. The first kappa shape index (κ1) is 13.2.